The maximum absolute atomic E-state index is 13.4. The molecule has 7 nitrogen and oxygen atoms in total. The van der Waals surface area contributed by atoms with Gasteiger partial charge in [0.15, 0.2) is 11.4 Å². The van der Waals surface area contributed by atoms with E-state index in [9.17, 15) is 18.0 Å². The lowest BCUT2D eigenvalue weighted by Crippen LogP contribution is -2.22. The lowest BCUT2D eigenvalue weighted by atomic mass is 10.1. The lowest BCUT2D eigenvalue weighted by molar-refractivity contribution is -0.213. The first-order valence-electron chi connectivity index (χ1n) is 11.5. The fourth-order valence-electron chi connectivity index (χ4n) is 3.17. The number of aromatic nitrogens is 3. The van der Waals surface area contributed by atoms with Crippen molar-refractivity contribution in [1.29, 1.82) is 0 Å². The minimum absolute atomic E-state index is 0.0338. The van der Waals surface area contributed by atoms with E-state index in [1.165, 1.54) is 10.8 Å². The SMILES string of the molecule is CCC(=O)OOc1ccc(-c2ccc(-c3nc(C(F)(F)F)cn3COCC[Si](C)(C)C)cn2)cc1C. The van der Waals surface area contributed by atoms with E-state index in [0.29, 0.717) is 23.6 Å². The molecule has 0 radical (unpaired) electrons. The van der Waals surface area contributed by atoms with Gasteiger partial charge in [-0.3, -0.25) is 14.8 Å². The summed E-state index contributed by atoms with van der Waals surface area (Å²) < 4.78 is 47.1. The van der Waals surface area contributed by atoms with Crippen molar-refractivity contribution in [1.82, 2.24) is 14.5 Å². The van der Waals surface area contributed by atoms with Gasteiger partial charge >= 0.3 is 12.1 Å². The number of nitrogens with zero attached hydrogens (tertiary/aromatic N) is 3. The van der Waals surface area contributed by atoms with Crippen LogP contribution >= 0.6 is 0 Å². The van der Waals surface area contributed by atoms with E-state index in [-0.39, 0.29) is 19.0 Å². The van der Waals surface area contributed by atoms with Gasteiger partial charge in [-0.1, -0.05) is 26.6 Å². The van der Waals surface area contributed by atoms with E-state index >= 15 is 0 Å². The lowest BCUT2D eigenvalue weighted by Gasteiger charge is -2.16. The molecule has 0 aliphatic rings. The van der Waals surface area contributed by atoms with Gasteiger partial charge in [0.25, 0.3) is 0 Å². The second-order valence-electron chi connectivity index (χ2n) is 9.57. The number of carbonyl (C=O) groups excluding carboxylic acids is 1. The minimum atomic E-state index is -4.57. The monoisotopic (exact) mass is 521 g/mol. The summed E-state index contributed by atoms with van der Waals surface area (Å²) in [7, 11) is -1.33. The molecule has 0 atom stereocenters. The van der Waals surface area contributed by atoms with Gasteiger partial charge in [-0.15, -0.1) is 0 Å². The molecule has 0 fully saturated rings. The Morgan fingerprint density at radius 3 is 2.42 bits per heavy atom. The number of pyridine rings is 1. The predicted molar refractivity (Wildman–Crippen MR) is 132 cm³/mol. The third-order valence-electron chi connectivity index (χ3n) is 5.30. The van der Waals surface area contributed by atoms with Crippen LogP contribution in [0.4, 0.5) is 13.2 Å². The highest BCUT2D eigenvalue weighted by atomic mass is 28.3. The second-order valence-corrected chi connectivity index (χ2v) is 15.2. The molecular formula is C25H30F3N3O4Si. The Morgan fingerprint density at radius 2 is 1.83 bits per heavy atom. The van der Waals surface area contributed by atoms with Gasteiger partial charge in [0.05, 0.1) is 5.69 Å². The number of benzene rings is 1. The Hall–Kier alpha value is -3.18. The van der Waals surface area contributed by atoms with Crippen molar-refractivity contribution in [3.63, 3.8) is 0 Å². The maximum atomic E-state index is 13.4. The third kappa shape index (κ3) is 7.41. The Morgan fingerprint density at radius 1 is 1.11 bits per heavy atom. The molecule has 0 aliphatic carbocycles. The number of aryl methyl sites for hydroxylation is 1. The fourth-order valence-corrected chi connectivity index (χ4v) is 3.93. The van der Waals surface area contributed by atoms with Crippen LogP contribution in [-0.2, 0) is 27.3 Å². The van der Waals surface area contributed by atoms with Gasteiger partial charge in [0.1, 0.15) is 12.6 Å². The molecule has 0 saturated carbocycles. The topological polar surface area (TPSA) is 75.5 Å². The van der Waals surface area contributed by atoms with E-state index in [2.05, 4.69) is 29.6 Å². The largest absolute Gasteiger partial charge is 0.434 e. The molecule has 0 amide bonds. The molecule has 0 spiro atoms. The number of rotatable bonds is 10. The standard InChI is InChI=1S/C25H30F3N3O4Si/c1-6-23(32)35-34-21-10-8-18(13-17(21)2)20-9-7-19(14-29-20)24-30-22(25(26,27)28)15-31(24)16-33-11-12-36(3,4)5/h7-10,13-15H,6,11-12,16H2,1-5H3. The van der Waals surface area contributed by atoms with Crippen LogP contribution < -0.4 is 4.89 Å². The second kappa shape index (κ2) is 11.3. The van der Waals surface area contributed by atoms with E-state index < -0.39 is 25.9 Å². The van der Waals surface area contributed by atoms with Crippen LogP contribution in [0.1, 0.15) is 24.6 Å². The molecular weight excluding hydrogens is 491 g/mol. The van der Waals surface area contributed by atoms with Gasteiger partial charge < -0.3 is 9.30 Å². The Bertz CT molecular complexity index is 1190. The van der Waals surface area contributed by atoms with Gasteiger partial charge in [-0.25, -0.2) is 9.78 Å². The zero-order valence-corrected chi connectivity index (χ0v) is 22.0. The molecule has 1 aromatic carbocycles. The summed E-state index contributed by atoms with van der Waals surface area (Å²) in [5.74, 6) is 0.0456. The summed E-state index contributed by atoms with van der Waals surface area (Å²) in [5, 5.41) is 0. The van der Waals surface area contributed by atoms with Crippen LogP contribution in [0.5, 0.6) is 5.75 Å². The highest BCUT2D eigenvalue weighted by molar-refractivity contribution is 6.76. The normalized spacial score (nSPS) is 12.0. The molecule has 194 valence electrons. The van der Waals surface area contributed by atoms with Crippen molar-refractivity contribution < 1.29 is 32.5 Å². The molecule has 11 heteroatoms. The highest BCUT2D eigenvalue weighted by Gasteiger charge is 2.35. The number of imidazole rings is 1. The number of hydrogen-bond acceptors (Lipinski definition) is 6. The average molecular weight is 522 g/mol. The Kier molecular flexibility index (Phi) is 8.57. The summed E-state index contributed by atoms with van der Waals surface area (Å²) in [4.78, 5) is 29.3. The van der Waals surface area contributed by atoms with Gasteiger partial charge in [0, 0.05) is 44.6 Å². The highest BCUT2D eigenvalue weighted by Crippen LogP contribution is 2.32. The number of ether oxygens (including phenoxy) is 1. The first-order valence-corrected chi connectivity index (χ1v) is 15.2. The van der Waals surface area contributed by atoms with Crippen molar-refractivity contribution in [2.75, 3.05) is 6.61 Å². The molecule has 2 aromatic heterocycles. The van der Waals surface area contributed by atoms with Gasteiger partial charge in [0.2, 0.25) is 0 Å². The van der Waals surface area contributed by atoms with Crippen molar-refractivity contribution in [2.24, 2.45) is 0 Å². The van der Waals surface area contributed by atoms with Crippen LogP contribution in [0.25, 0.3) is 22.6 Å². The predicted octanol–water partition coefficient (Wildman–Crippen LogP) is 6.50. The molecule has 3 aromatic rings. The summed E-state index contributed by atoms with van der Waals surface area (Å²) >= 11 is 0. The molecule has 0 bridgehead atoms. The first kappa shape index (κ1) is 27.4. The quantitative estimate of drug-likeness (QED) is 0.131. The number of alkyl halides is 3. The average Bonchev–Trinajstić information content (AvgIpc) is 3.25. The van der Waals surface area contributed by atoms with Crippen LogP contribution in [0, 0.1) is 6.92 Å². The molecule has 2 heterocycles. The Balaban J connectivity index is 1.80. The third-order valence-corrected chi connectivity index (χ3v) is 7.00. The molecule has 0 unspecified atom stereocenters. The molecule has 0 N–H and O–H groups in total. The summed E-state index contributed by atoms with van der Waals surface area (Å²) in [6.07, 6.45) is -1.93. The number of halogens is 3. The van der Waals surface area contributed by atoms with Crippen molar-refractivity contribution in [3.8, 4) is 28.4 Å². The molecule has 0 saturated heterocycles. The number of hydrogen-bond donors (Lipinski definition) is 0. The smallest absolute Gasteiger partial charge is 0.361 e. The molecule has 3 rings (SSSR count). The molecule has 0 aliphatic heterocycles. The summed E-state index contributed by atoms with van der Waals surface area (Å²) in [5.41, 5.74) is 1.56. The van der Waals surface area contributed by atoms with Crippen molar-refractivity contribution >= 4 is 14.0 Å². The van der Waals surface area contributed by atoms with E-state index in [4.69, 9.17) is 14.5 Å². The van der Waals surface area contributed by atoms with Crippen LogP contribution in [0.2, 0.25) is 25.7 Å². The van der Waals surface area contributed by atoms with Crippen LogP contribution in [-0.4, -0.2) is 35.2 Å². The zero-order chi connectivity index (χ0) is 26.5. The minimum Gasteiger partial charge on any atom is -0.361 e. The van der Waals surface area contributed by atoms with E-state index in [0.717, 1.165) is 23.4 Å². The van der Waals surface area contributed by atoms with Crippen LogP contribution in [0.15, 0.2) is 42.7 Å². The van der Waals surface area contributed by atoms with Crippen molar-refractivity contribution in [2.45, 2.75) is 58.9 Å². The summed E-state index contributed by atoms with van der Waals surface area (Å²) in [6, 6.07) is 9.50. The zero-order valence-electron chi connectivity index (χ0n) is 21.0. The summed E-state index contributed by atoms with van der Waals surface area (Å²) in [6.45, 7) is 10.5. The van der Waals surface area contributed by atoms with Gasteiger partial charge in [-0.05, 0) is 48.9 Å². The fraction of sp³-hybridized carbons (Fsp3) is 0.400. The first-order chi connectivity index (χ1) is 16.9. The van der Waals surface area contributed by atoms with Crippen LogP contribution in [0.3, 0.4) is 0 Å². The Labute approximate surface area is 209 Å². The van der Waals surface area contributed by atoms with Crippen molar-refractivity contribution in [3.05, 3.63) is 54.0 Å². The van der Waals surface area contributed by atoms with Gasteiger partial charge in [-0.2, -0.15) is 13.2 Å². The maximum Gasteiger partial charge on any atom is 0.434 e. The number of carbonyl (C=O) groups is 1. The van der Waals surface area contributed by atoms with E-state index in [1.54, 1.807) is 38.1 Å². The van der Waals surface area contributed by atoms with E-state index in [1.807, 2.05) is 6.07 Å². The molecule has 36 heavy (non-hydrogen) atoms.